The van der Waals surface area contributed by atoms with E-state index in [-0.39, 0.29) is 5.91 Å². The monoisotopic (exact) mass is 277 g/mol. The number of hydrogen-bond acceptors (Lipinski definition) is 4. The van der Waals surface area contributed by atoms with E-state index in [9.17, 15) is 9.90 Å². The van der Waals surface area contributed by atoms with Gasteiger partial charge in [-0.1, -0.05) is 12.1 Å². The molecule has 5 N–H and O–H groups in total. The SMILES string of the molecule is NC(=O)CC1CCN(CC(O)c2cccc(N)c2)CC1. The molecule has 5 heteroatoms. The highest BCUT2D eigenvalue weighted by molar-refractivity contribution is 5.73. The zero-order valence-electron chi connectivity index (χ0n) is 11.7. The molecule has 1 fully saturated rings. The molecule has 1 atom stereocenters. The van der Waals surface area contributed by atoms with Crippen molar-refractivity contribution < 1.29 is 9.90 Å². The quantitative estimate of drug-likeness (QED) is 0.697. The lowest BCUT2D eigenvalue weighted by Crippen LogP contribution is -2.37. The number of benzene rings is 1. The normalized spacial score (nSPS) is 18.9. The summed E-state index contributed by atoms with van der Waals surface area (Å²) in [6.45, 7) is 2.40. The van der Waals surface area contributed by atoms with Crippen LogP contribution in [0, 0.1) is 5.92 Å². The zero-order valence-corrected chi connectivity index (χ0v) is 11.7. The maximum Gasteiger partial charge on any atom is 0.217 e. The average Bonchev–Trinajstić information content (AvgIpc) is 2.40. The van der Waals surface area contributed by atoms with Gasteiger partial charge >= 0.3 is 0 Å². The van der Waals surface area contributed by atoms with E-state index in [2.05, 4.69) is 4.90 Å². The number of primary amides is 1. The second-order valence-electron chi connectivity index (χ2n) is 5.60. The molecule has 110 valence electrons. The summed E-state index contributed by atoms with van der Waals surface area (Å²) in [6.07, 6.45) is 1.89. The van der Waals surface area contributed by atoms with Crippen LogP contribution in [-0.2, 0) is 4.79 Å². The first kappa shape index (κ1) is 14.8. The predicted octanol–water partition coefficient (Wildman–Crippen LogP) is 0.890. The van der Waals surface area contributed by atoms with Gasteiger partial charge in [0.2, 0.25) is 5.91 Å². The number of amides is 1. The summed E-state index contributed by atoms with van der Waals surface area (Å²) < 4.78 is 0. The molecular formula is C15H23N3O2. The smallest absolute Gasteiger partial charge is 0.217 e. The molecular weight excluding hydrogens is 254 g/mol. The highest BCUT2D eigenvalue weighted by atomic mass is 16.3. The number of β-amino-alcohol motifs (C(OH)–C–C–N with tert-alkyl or cyclic N) is 1. The summed E-state index contributed by atoms with van der Waals surface area (Å²) in [6, 6.07) is 7.36. The number of nitrogen functional groups attached to an aromatic ring is 1. The molecule has 0 aromatic heterocycles. The van der Waals surface area contributed by atoms with Crippen LogP contribution in [0.1, 0.15) is 30.9 Å². The Morgan fingerprint density at radius 1 is 1.40 bits per heavy atom. The molecule has 0 saturated carbocycles. The van der Waals surface area contributed by atoms with Crippen LogP contribution in [0.5, 0.6) is 0 Å². The lowest BCUT2D eigenvalue weighted by Gasteiger charge is -2.32. The molecule has 20 heavy (non-hydrogen) atoms. The van der Waals surface area contributed by atoms with Gasteiger partial charge in [0.15, 0.2) is 0 Å². The summed E-state index contributed by atoms with van der Waals surface area (Å²) in [7, 11) is 0. The van der Waals surface area contributed by atoms with Crippen molar-refractivity contribution in [1.29, 1.82) is 0 Å². The van der Waals surface area contributed by atoms with E-state index >= 15 is 0 Å². The molecule has 5 nitrogen and oxygen atoms in total. The first-order valence-corrected chi connectivity index (χ1v) is 7.08. The second-order valence-corrected chi connectivity index (χ2v) is 5.60. The van der Waals surface area contributed by atoms with Crippen LogP contribution in [0.25, 0.3) is 0 Å². The zero-order chi connectivity index (χ0) is 14.5. The first-order chi connectivity index (χ1) is 9.54. The Bertz CT molecular complexity index is 456. The fourth-order valence-corrected chi connectivity index (χ4v) is 2.77. The summed E-state index contributed by atoms with van der Waals surface area (Å²) in [5.74, 6) is 0.177. The van der Waals surface area contributed by atoms with Crippen LogP contribution in [0.3, 0.4) is 0 Å². The number of piperidine rings is 1. The Morgan fingerprint density at radius 2 is 2.10 bits per heavy atom. The summed E-state index contributed by atoms with van der Waals surface area (Å²) >= 11 is 0. The van der Waals surface area contributed by atoms with Gasteiger partial charge in [-0.25, -0.2) is 0 Å². The van der Waals surface area contributed by atoms with Gasteiger partial charge in [0, 0.05) is 18.7 Å². The molecule has 1 amide bonds. The molecule has 1 saturated heterocycles. The van der Waals surface area contributed by atoms with Gasteiger partial charge in [-0.2, -0.15) is 0 Å². The van der Waals surface area contributed by atoms with Gasteiger partial charge in [-0.15, -0.1) is 0 Å². The van der Waals surface area contributed by atoms with Gasteiger partial charge < -0.3 is 21.5 Å². The number of carbonyl (C=O) groups is 1. The number of rotatable bonds is 5. The molecule has 0 spiro atoms. The third-order valence-corrected chi connectivity index (χ3v) is 3.92. The molecule has 0 radical (unpaired) electrons. The fourth-order valence-electron chi connectivity index (χ4n) is 2.77. The first-order valence-electron chi connectivity index (χ1n) is 7.08. The van der Waals surface area contributed by atoms with Gasteiger partial charge in [0.05, 0.1) is 6.10 Å². The molecule has 0 bridgehead atoms. The minimum Gasteiger partial charge on any atom is -0.399 e. The number of carbonyl (C=O) groups excluding carboxylic acids is 1. The average molecular weight is 277 g/mol. The summed E-state index contributed by atoms with van der Waals surface area (Å²) in [4.78, 5) is 13.1. The van der Waals surface area contributed by atoms with Crippen LogP contribution in [0.15, 0.2) is 24.3 Å². The number of anilines is 1. The Kier molecular flexibility index (Phi) is 4.98. The van der Waals surface area contributed by atoms with E-state index in [1.54, 1.807) is 0 Å². The number of aliphatic hydroxyl groups is 1. The predicted molar refractivity (Wildman–Crippen MR) is 78.8 cm³/mol. The van der Waals surface area contributed by atoms with Crippen LogP contribution in [0.2, 0.25) is 0 Å². The highest BCUT2D eigenvalue weighted by Crippen LogP contribution is 2.23. The lowest BCUT2D eigenvalue weighted by atomic mass is 9.93. The largest absolute Gasteiger partial charge is 0.399 e. The van der Waals surface area contributed by atoms with Crippen molar-refractivity contribution in [3.8, 4) is 0 Å². The topological polar surface area (TPSA) is 92.6 Å². The van der Waals surface area contributed by atoms with E-state index in [1.807, 2.05) is 24.3 Å². The Labute approximate surface area is 119 Å². The number of aliphatic hydroxyl groups excluding tert-OH is 1. The van der Waals surface area contributed by atoms with Crippen molar-refractivity contribution in [1.82, 2.24) is 4.90 Å². The molecule has 1 aromatic carbocycles. The van der Waals surface area contributed by atoms with E-state index in [1.165, 1.54) is 0 Å². The third-order valence-electron chi connectivity index (χ3n) is 3.92. The van der Waals surface area contributed by atoms with E-state index in [0.29, 0.717) is 24.6 Å². The number of nitrogens with zero attached hydrogens (tertiary/aromatic N) is 1. The molecule has 2 rings (SSSR count). The molecule has 1 aromatic rings. The molecule has 1 heterocycles. The van der Waals surface area contributed by atoms with Crippen LogP contribution in [-0.4, -0.2) is 35.5 Å². The number of nitrogens with two attached hydrogens (primary N) is 2. The highest BCUT2D eigenvalue weighted by Gasteiger charge is 2.22. The summed E-state index contributed by atoms with van der Waals surface area (Å²) in [5.41, 5.74) is 12.5. The van der Waals surface area contributed by atoms with Crippen LogP contribution < -0.4 is 11.5 Å². The van der Waals surface area contributed by atoms with Crippen molar-refractivity contribution in [2.45, 2.75) is 25.4 Å². The van der Waals surface area contributed by atoms with Crippen molar-refractivity contribution >= 4 is 11.6 Å². The minimum atomic E-state index is -0.522. The Hall–Kier alpha value is -1.59. The van der Waals surface area contributed by atoms with Gasteiger partial charge in [-0.3, -0.25) is 4.79 Å². The molecule has 1 aliphatic rings. The van der Waals surface area contributed by atoms with Crippen LogP contribution in [0.4, 0.5) is 5.69 Å². The molecule has 1 unspecified atom stereocenters. The Balaban J connectivity index is 1.82. The van der Waals surface area contributed by atoms with Gasteiger partial charge in [0.25, 0.3) is 0 Å². The lowest BCUT2D eigenvalue weighted by molar-refractivity contribution is -0.119. The molecule has 0 aliphatic carbocycles. The van der Waals surface area contributed by atoms with Crippen molar-refractivity contribution in [2.24, 2.45) is 11.7 Å². The number of likely N-dealkylation sites (tertiary alicyclic amines) is 1. The maximum atomic E-state index is 10.9. The van der Waals surface area contributed by atoms with E-state index in [4.69, 9.17) is 11.5 Å². The van der Waals surface area contributed by atoms with E-state index in [0.717, 1.165) is 31.5 Å². The maximum absolute atomic E-state index is 10.9. The van der Waals surface area contributed by atoms with Crippen molar-refractivity contribution in [3.05, 3.63) is 29.8 Å². The van der Waals surface area contributed by atoms with E-state index < -0.39 is 6.10 Å². The Morgan fingerprint density at radius 3 is 2.70 bits per heavy atom. The summed E-state index contributed by atoms with van der Waals surface area (Å²) in [5, 5.41) is 10.2. The van der Waals surface area contributed by atoms with Gasteiger partial charge in [-0.05, 0) is 49.5 Å². The van der Waals surface area contributed by atoms with Gasteiger partial charge in [0.1, 0.15) is 0 Å². The number of hydrogen-bond donors (Lipinski definition) is 3. The fraction of sp³-hybridized carbons (Fsp3) is 0.533. The standard InChI is InChI=1S/C15H23N3O2/c16-13-3-1-2-12(9-13)14(19)10-18-6-4-11(5-7-18)8-15(17)20/h1-3,9,11,14,19H,4-8,10,16H2,(H2,17,20). The molecule has 1 aliphatic heterocycles. The van der Waals surface area contributed by atoms with Crippen LogP contribution >= 0.6 is 0 Å². The third kappa shape index (κ3) is 4.21. The second kappa shape index (κ2) is 6.72. The van der Waals surface area contributed by atoms with Crippen molar-refractivity contribution in [3.63, 3.8) is 0 Å². The van der Waals surface area contributed by atoms with Crippen molar-refractivity contribution in [2.75, 3.05) is 25.4 Å². The minimum absolute atomic E-state index is 0.219.